The van der Waals surface area contributed by atoms with Gasteiger partial charge in [0, 0.05) is 5.92 Å². The zero-order valence-electron chi connectivity index (χ0n) is 12.5. The molecule has 1 heterocycles. The van der Waals surface area contributed by atoms with Crippen LogP contribution < -0.4 is 0 Å². The SMILES string of the molecule is C/C=C/C1COC(C2CCC(c3ccc(F)cc3)CC2)O1. The van der Waals surface area contributed by atoms with Gasteiger partial charge in [-0.1, -0.05) is 24.3 Å². The van der Waals surface area contributed by atoms with Crippen molar-refractivity contribution in [3.8, 4) is 0 Å². The van der Waals surface area contributed by atoms with Crippen molar-refractivity contribution >= 4 is 0 Å². The fourth-order valence-electron chi connectivity index (χ4n) is 3.46. The normalized spacial score (nSPS) is 33.6. The summed E-state index contributed by atoms with van der Waals surface area (Å²) in [5, 5.41) is 0. The predicted molar refractivity (Wildman–Crippen MR) is 80.5 cm³/mol. The minimum atomic E-state index is -0.157. The van der Waals surface area contributed by atoms with Crippen LogP contribution in [0.15, 0.2) is 36.4 Å². The molecule has 21 heavy (non-hydrogen) atoms. The molecule has 1 saturated carbocycles. The number of ether oxygens (including phenoxy) is 2. The Bertz CT molecular complexity index is 474. The Labute approximate surface area is 126 Å². The number of hydrogen-bond donors (Lipinski definition) is 0. The molecule has 0 spiro atoms. The van der Waals surface area contributed by atoms with E-state index in [2.05, 4.69) is 6.08 Å². The summed E-state index contributed by atoms with van der Waals surface area (Å²) in [6.07, 6.45) is 8.66. The number of benzene rings is 1. The summed E-state index contributed by atoms with van der Waals surface area (Å²) in [7, 11) is 0. The third kappa shape index (κ3) is 3.53. The molecule has 3 heteroatoms. The largest absolute Gasteiger partial charge is 0.349 e. The summed E-state index contributed by atoms with van der Waals surface area (Å²) < 4.78 is 24.7. The monoisotopic (exact) mass is 290 g/mol. The molecular weight excluding hydrogens is 267 g/mol. The van der Waals surface area contributed by atoms with Crippen molar-refractivity contribution in [3.05, 3.63) is 47.8 Å². The van der Waals surface area contributed by atoms with Crippen molar-refractivity contribution in [2.75, 3.05) is 6.61 Å². The summed E-state index contributed by atoms with van der Waals surface area (Å²) in [4.78, 5) is 0. The lowest BCUT2D eigenvalue weighted by Crippen LogP contribution is -2.26. The summed E-state index contributed by atoms with van der Waals surface area (Å²) in [5.41, 5.74) is 1.26. The molecule has 0 aromatic heterocycles. The summed E-state index contributed by atoms with van der Waals surface area (Å²) >= 11 is 0. The fraction of sp³-hybridized carbons (Fsp3) is 0.556. The quantitative estimate of drug-likeness (QED) is 0.767. The van der Waals surface area contributed by atoms with Crippen molar-refractivity contribution in [1.29, 1.82) is 0 Å². The van der Waals surface area contributed by atoms with Gasteiger partial charge >= 0.3 is 0 Å². The van der Waals surface area contributed by atoms with Crippen LogP contribution in [0.25, 0.3) is 0 Å². The fourth-order valence-corrected chi connectivity index (χ4v) is 3.46. The first kappa shape index (κ1) is 14.7. The molecule has 2 fully saturated rings. The van der Waals surface area contributed by atoms with E-state index in [0.29, 0.717) is 18.4 Å². The van der Waals surface area contributed by atoms with Crippen LogP contribution in [-0.4, -0.2) is 19.0 Å². The molecule has 2 aliphatic rings. The lowest BCUT2D eigenvalue weighted by molar-refractivity contribution is -0.100. The van der Waals surface area contributed by atoms with Crippen molar-refractivity contribution in [2.45, 2.75) is 50.9 Å². The molecule has 3 rings (SSSR count). The first-order valence-corrected chi connectivity index (χ1v) is 7.91. The second-order valence-electron chi connectivity index (χ2n) is 6.07. The number of halogens is 1. The molecule has 1 aromatic carbocycles. The molecule has 0 N–H and O–H groups in total. The molecule has 1 aliphatic heterocycles. The Balaban J connectivity index is 1.52. The maximum atomic E-state index is 13.0. The van der Waals surface area contributed by atoms with Gasteiger partial charge < -0.3 is 9.47 Å². The van der Waals surface area contributed by atoms with Gasteiger partial charge in [0.1, 0.15) is 11.9 Å². The molecular formula is C18H23FO2. The highest BCUT2D eigenvalue weighted by Crippen LogP contribution is 2.39. The second-order valence-corrected chi connectivity index (χ2v) is 6.07. The number of rotatable bonds is 3. The van der Waals surface area contributed by atoms with Gasteiger partial charge in [0.15, 0.2) is 6.29 Å². The third-order valence-electron chi connectivity index (χ3n) is 4.64. The van der Waals surface area contributed by atoms with Crippen molar-refractivity contribution < 1.29 is 13.9 Å². The van der Waals surface area contributed by atoms with E-state index in [-0.39, 0.29) is 18.2 Å². The number of allylic oxidation sites excluding steroid dienone is 1. The van der Waals surface area contributed by atoms with E-state index in [0.717, 1.165) is 25.7 Å². The van der Waals surface area contributed by atoms with Gasteiger partial charge in [-0.2, -0.15) is 0 Å². The molecule has 2 atom stereocenters. The van der Waals surface area contributed by atoms with Gasteiger partial charge in [-0.25, -0.2) is 4.39 Å². The zero-order valence-corrected chi connectivity index (χ0v) is 12.5. The van der Waals surface area contributed by atoms with Gasteiger partial charge in [-0.15, -0.1) is 0 Å². The molecule has 2 nitrogen and oxygen atoms in total. The molecule has 2 unspecified atom stereocenters. The standard InChI is InChI=1S/C18H23FO2/c1-2-3-17-12-20-18(21-17)15-6-4-13(5-7-15)14-8-10-16(19)11-9-14/h2-3,8-11,13,15,17-18H,4-7,12H2,1H3/b3-2+. The minimum absolute atomic E-state index is 0.0413. The first-order chi connectivity index (χ1) is 10.3. The molecule has 114 valence electrons. The third-order valence-corrected chi connectivity index (χ3v) is 4.64. The Kier molecular flexibility index (Phi) is 4.71. The van der Waals surface area contributed by atoms with E-state index < -0.39 is 0 Å². The Morgan fingerprint density at radius 2 is 1.81 bits per heavy atom. The average Bonchev–Trinajstić information content (AvgIpc) is 2.97. The van der Waals surface area contributed by atoms with Gasteiger partial charge in [0.25, 0.3) is 0 Å². The first-order valence-electron chi connectivity index (χ1n) is 7.91. The van der Waals surface area contributed by atoms with Crippen LogP contribution in [0.4, 0.5) is 4.39 Å². The second kappa shape index (κ2) is 6.71. The van der Waals surface area contributed by atoms with Crippen LogP contribution >= 0.6 is 0 Å². The van der Waals surface area contributed by atoms with Crippen LogP contribution in [0.1, 0.15) is 44.1 Å². The smallest absolute Gasteiger partial charge is 0.161 e. The number of hydrogen-bond acceptors (Lipinski definition) is 2. The van der Waals surface area contributed by atoms with Crippen LogP contribution in [-0.2, 0) is 9.47 Å². The lowest BCUT2D eigenvalue weighted by atomic mass is 9.78. The van der Waals surface area contributed by atoms with Crippen molar-refractivity contribution in [2.24, 2.45) is 5.92 Å². The molecule has 1 aromatic rings. The van der Waals surface area contributed by atoms with Gasteiger partial charge in [-0.05, 0) is 56.2 Å². The van der Waals surface area contributed by atoms with E-state index in [9.17, 15) is 4.39 Å². The lowest BCUT2D eigenvalue weighted by Gasteiger charge is -2.31. The highest BCUT2D eigenvalue weighted by molar-refractivity contribution is 5.20. The Morgan fingerprint density at radius 3 is 2.48 bits per heavy atom. The zero-order chi connectivity index (χ0) is 14.7. The van der Waals surface area contributed by atoms with Gasteiger partial charge in [-0.3, -0.25) is 0 Å². The van der Waals surface area contributed by atoms with Gasteiger partial charge in [0.05, 0.1) is 6.61 Å². The summed E-state index contributed by atoms with van der Waals surface area (Å²) in [6.45, 7) is 2.68. The van der Waals surface area contributed by atoms with E-state index in [1.54, 1.807) is 12.1 Å². The molecule has 0 radical (unpaired) electrons. The van der Waals surface area contributed by atoms with Gasteiger partial charge in [0.2, 0.25) is 0 Å². The Morgan fingerprint density at radius 1 is 1.10 bits per heavy atom. The summed E-state index contributed by atoms with van der Waals surface area (Å²) in [5.74, 6) is 0.891. The molecule has 0 amide bonds. The van der Waals surface area contributed by atoms with E-state index in [4.69, 9.17) is 9.47 Å². The maximum Gasteiger partial charge on any atom is 0.161 e. The average molecular weight is 290 g/mol. The van der Waals surface area contributed by atoms with Crippen LogP contribution in [0, 0.1) is 11.7 Å². The van der Waals surface area contributed by atoms with Crippen LogP contribution in [0.2, 0.25) is 0 Å². The molecule has 0 bridgehead atoms. The molecule has 1 aliphatic carbocycles. The van der Waals surface area contributed by atoms with E-state index in [1.165, 1.54) is 5.56 Å². The minimum Gasteiger partial charge on any atom is -0.349 e. The van der Waals surface area contributed by atoms with E-state index >= 15 is 0 Å². The highest BCUT2D eigenvalue weighted by Gasteiger charge is 2.34. The van der Waals surface area contributed by atoms with Crippen molar-refractivity contribution in [3.63, 3.8) is 0 Å². The molecule has 1 saturated heterocycles. The van der Waals surface area contributed by atoms with E-state index in [1.807, 2.05) is 25.1 Å². The Hall–Kier alpha value is -1.19. The maximum absolute atomic E-state index is 13.0. The van der Waals surface area contributed by atoms with Crippen LogP contribution in [0.5, 0.6) is 0 Å². The van der Waals surface area contributed by atoms with Crippen LogP contribution in [0.3, 0.4) is 0 Å². The highest BCUT2D eigenvalue weighted by atomic mass is 19.1. The van der Waals surface area contributed by atoms with Crippen molar-refractivity contribution in [1.82, 2.24) is 0 Å². The predicted octanol–water partition coefficient (Wildman–Crippen LogP) is 4.42. The summed E-state index contributed by atoms with van der Waals surface area (Å²) in [6, 6.07) is 6.97. The topological polar surface area (TPSA) is 18.5 Å².